The molecule has 2 atom stereocenters. The summed E-state index contributed by atoms with van der Waals surface area (Å²) in [6.07, 6.45) is 4.72. The Morgan fingerprint density at radius 2 is 1.35 bits per heavy atom. The van der Waals surface area contributed by atoms with E-state index < -0.39 is 0 Å². The third-order valence-corrected chi connectivity index (χ3v) is 5.49. The molecule has 2 aromatic rings. The number of hydrogen-bond donors (Lipinski definition) is 2. The summed E-state index contributed by atoms with van der Waals surface area (Å²) in [5.41, 5.74) is 2.51. The molecule has 2 N–H and O–H groups in total. The summed E-state index contributed by atoms with van der Waals surface area (Å²) in [7, 11) is 0. The van der Waals surface area contributed by atoms with E-state index in [1.807, 2.05) is 0 Å². The summed E-state index contributed by atoms with van der Waals surface area (Å²) in [5.74, 6) is 1.99. The number of hydrogen-bond acceptors (Lipinski definition) is 2. The van der Waals surface area contributed by atoms with Gasteiger partial charge in [0.05, 0.1) is 0 Å². The monoisotopic (exact) mass is 310 g/mol. The van der Waals surface area contributed by atoms with Crippen LogP contribution in [0.15, 0.2) is 48.5 Å². The van der Waals surface area contributed by atoms with Crippen molar-refractivity contribution in [2.45, 2.75) is 44.9 Å². The van der Waals surface area contributed by atoms with Crippen molar-refractivity contribution in [2.75, 3.05) is 0 Å². The average molecular weight is 310 g/mol. The minimum Gasteiger partial charge on any atom is -0.508 e. The van der Waals surface area contributed by atoms with E-state index in [1.165, 1.54) is 24.0 Å². The van der Waals surface area contributed by atoms with Crippen molar-refractivity contribution in [3.63, 3.8) is 0 Å². The van der Waals surface area contributed by atoms with Gasteiger partial charge in [0.1, 0.15) is 11.5 Å². The highest BCUT2D eigenvalue weighted by Gasteiger charge is 2.41. The quantitative estimate of drug-likeness (QED) is 0.815. The predicted octanol–water partition coefficient (Wildman–Crippen LogP) is 5.23. The summed E-state index contributed by atoms with van der Waals surface area (Å²) < 4.78 is 0. The Kier molecular flexibility index (Phi) is 4.34. The molecule has 2 aromatic carbocycles. The Hall–Kier alpha value is -1.96. The fourth-order valence-electron chi connectivity index (χ4n) is 4.42. The lowest BCUT2D eigenvalue weighted by Crippen LogP contribution is -2.37. The minimum atomic E-state index is -0.0280. The normalized spacial score (nSPS) is 23.6. The van der Waals surface area contributed by atoms with E-state index >= 15 is 0 Å². The number of aromatic hydroxyl groups is 2. The van der Waals surface area contributed by atoms with Crippen LogP contribution in [0.2, 0.25) is 0 Å². The Labute approximate surface area is 138 Å². The van der Waals surface area contributed by atoms with Crippen LogP contribution in [0, 0.1) is 11.8 Å². The van der Waals surface area contributed by atoms with Gasteiger partial charge in [-0.2, -0.15) is 0 Å². The van der Waals surface area contributed by atoms with E-state index in [2.05, 4.69) is 38.1 Å². The Morgan fingerprint density at radius 1 is 0.870 bits per heavy atom. The van der Waals surface area contributed by atoms with Gasteiger partial charge in [-0.05, 0) is 66.5 Å². The molecular weight excluding hydrogens is 284 g/mol. The second-order valence-corrected chi connectivity index (χ2v) is 7.20. The second-order valence-electron chi connectivity index (χ2n) is 7.20. The lowest BCUT2D eigenvalue weighted by Gasteiger charge is -2.45. The fraction of sp³-hybridized carbons (Fsp3) is 0.429. The fourth-order valence-corrected chi connectivity index (χ4v) is 4.42. The molecule has 0 amide bonds. The van der Waals surface area contributed by atoms with Crippen molar-refractivity contribution in [3.8, 4) is 11.5 Å². The van der Waals surface area contributed by atoms with Crippen LogP contribution >= 0.6 is 0 Å². The molecular formula is C21H26O2. The molecule has 0 heterocycles. The molecule has 0 bridgehead atoms. The topological polar surface area (TPSA) is 40.5 Å². The van der Waals surface area contributed by atoms with Crippen LogP contribution < -0.4 is 0 Å². The van der Waals surface area contributed by atoms with Gasteiger partial charge in [0.15, 0.2) is 0 Å². The summed E-state index contributed by atoms with van der Waals surface area (Å²) in [4.78, 5) is 0. The largest absolute Gasteiger partial charge is 0.508 e. The molecule has 0 saturated heterocycles. The van der Waals surface area contributed by atoms with Crippen molar-refractivity contribution >= 4 is 0 Å². The maximum atomic E-state index is 9.66. The van der Waals surface area contributed by atoms with Gasteiger partial charge >= 0.3 is 0 Å². The van der Waals surface area contributed by atoms with Crippen molar-refractivity contribution in [2.24, 2.45) is 11.8 Å². The summed E-state index contributed by atoms with van der Waals surface area (Å²) >= 11 is 0. The molecule has 0 radical (unpaired) electrons. The van der Waals surface area contributed by atoms with Crippen molar-refractivity contribution < 1.29 is 10.2 Å². The van der Waals surface area contributed by atoms with Gasteiger partial charge in [0.25, 0.3) is 0 Å². The molecule has 2 unspecified atom stereocenters. The summed E-state index contributed by atoms with van der Waals surface area (Å²) in [5, 5.41) is 19.3. The van der Waals surface area contributed by atoms with Crippen molar-refractivity contribution in [3.05, 3.63) is 59.7 Å². The Balaban J connectivity index is 2.12. The Bertz CT molecular complexity index is 597. The molecule has 1 fully saturated rings. The SMILES string of the molecule is CCC1CC(C)CC(c2ccc(O)cc2)(c2ccc(O)cc2)C1. The van der Waals surface area contributed by atoms with Crippen LogP contribution in [0.5, 0.6) is 11.5 Å². The number of rotatable bonds is 3. The van der Waals surface area contributed by atoms with Gasteiger partial charge < -0.3 is 10.2 Å². The van der Waals surface area contributed by atoms with E-state index in [9.17, 15) is 10.2 Å². The third kappa shape index (κ3) is 3.08. The van der Waals surface area contributed by atoms with Crippen LogP contribution in [0.3, 0.4) is 0 Å². The van der Waals surface area contributed by atoms with Crippen molar-refractivity contribution in [1.82, 2.24) is 0 Å². The van der Waals surface area contributed by atoms with Crippen LogP contribution in [-0.2, 0) is 5.41 Å². The van der Waals surface area contributed by atoms with E-state index in [0.717, 1.165) is 12.8 Å². The number of benzene rings is 2. The zero-order valence-corrected chi connectivity index (χ0v) is 14.0. The van der Waals surface area contributed by atoms with Crippen LogP contribution in [-0.4, -0.2) is 10.2 Å². The van der Waals surface area contributed by atoms with Gasteiger partial charge in [-0.15, -0.1) is 0 Å². The molecule has 122 valence electrons. The van der Waals surface area contributed by atoms with Crippen LogP contribution in [0.1, 0.15) is 50.7 Å². The second kappa shape index (κ2) is 6.27. The lowest BCUT2D eigenvalue weighted by molar-refractivity contribution is 0.194. The Morgan fingerprint density at radius 3 is 1.78 bits per heavy atom. The predicted molar refractivity (Wildman–Crippen MR) is 93.8 cm³/mol. The standard InChI is InChI=1S/C21H26O2/c1-3-16-12-15(2)13-21(14-16,17-4-8-19(22)9-5-17)18-6-10-20(23)11-7-18/h4-11,15-16,22-23H,3,12-14H2,1-2H3. The minimum absolute atomic E-state index is 0.0280. The zero-order chi connectivity index (χ0) is 16.4. The maximum absolute atomic E-state index is 9.66. The van der Waals surface area contributed by atoms with Gasteiger partial charge in [0.2, 0.25) is 0 Å². The van der Waals surface area contributed by atoms with E-state index in [-0.39, 0.29) is 5.41 Å². The molecule has 1 aliphatic rings. The first-order valence-electron chi connectivity index (χ1n) is 8.62. The van der Waals surface area contributed by atoms with Gasteiger partial charge in [-0.3, -0.25) is 0 Å². The van der Waals surface area contributed by atoms with Gasteiger partial charge in [-0.25, -0.2) is 0 Å². The van der Waals surface area contributed by atoms with E-state index in [0.29, 0.717) is 23.3 Å². The van der Waals surface area contributed by atoms with Crippen molar-refractivity contribution in [1.29, 1.82) is 0 Å². The molecule has 0 aliphatic heterocycles. The molecule has 23 heavy (non-hydrogen) atoms. The first-order chi connectivity index (χ1) is 11.0. The molecule has 1 saturated carbocycles. The van der Waals surface area contributed by atoms with Gasteiger partial charge in [-0.1, -0.05) is 44.5 Å². The number of phenolic OH excluding ortho intramolecular Hbond substituents is 2. The van der Waals surface area contributed by atoms with Crippen LogP contribution in [0.25, 0.3) is 0 Å². The third-order valence-electron chi connectivity index (χ3n) is 5.49. The lowest BCUT2D eigenvalue weighted by atomic mass is 9.59. The van der Waals surface area contributed by atoms with E-state index in [1.54, 1.807) is 24.3 Å². The van der Waals surface area contributed by atoms with E-state index in [4.69, 9.17) is 0 Å². The molecule has 0 aromatic heterocycles. The number of phenols is 2. The first kappa shape index (κ1) is 15.9. The molecule has 3 rings (SSSR count). The summed E-state index contributed by atoms with van der Waals surface area (Å²) in [6, 6.07) is 15.4. The highest BCUT2D eigenvalue weighted by molar-refractivity contribution is 5.43. The zero-order valence-electron chi connectivity index (χ0n) is 14.0. The molecule has 1 aliphatic carbocycles. The maximum Gasteiger partial charge on any atom is 0.115 e. The highest BCUT2D eigenvalue weighted by atomic mass is 16.3. The highest BCUT2D eigenvalue weighted by Crippen LogP contribution is 2.50. The molecule has 2 heteroatoms. The smallest absolute Gasteiger partial charge is 0.115 e. The summed E-state index contributed by atoms with van der Waals surface area (Å²) in [6.45, 7) is 4.62. The molecule has 2 nitrogen and oxygen atoms in total. The molecule has 0 spiro atoms. The first-order valence-corrected chi connectivity index (χ1v) is 8.62. The van der Waals surface area contributed by atoms with Gasteiger partial charge in [0, 0.05) is 5.41 Å². The average Bonchev–Trinajstić information content (AvgIpc) is 2.55. The van der Waals surface area contributed by atoms with Crippen LogP contribution in [0.4, 0.5) is 0 Å².